The van der Waals surface area contributed by atoms with E-state index < -0.39 is 24.1 Å². The molecule has 1 nitrogen and oxygen atoms in total. The zero-order chi connectivity index (χ0) is 7.44. The van der Waals surface area contributed by atoms with Crippen LogP contribution < -0.4 is 0 Å². The monoisotopic (exact) mass is 138 g/mol. The molecule has 0 spiro atoms. The third-order valence-corrected chi connectivity index (χ3v) is 0.609. The Hall–Kier alpha value is -0.800. The molecule has 0 unspecified atom stereocenters. The van der Waals surface area contributed by atoms with Gasteiger partial charge in [-0.05, 0) is 6.92 Å². The number of carbonyl (C=O) groups is 1. The van der Waals surface area contributed by atoms with Crippen LogP contribution in [0.4, 0.5) is 13.2 Å². The molecule has 0 rings (SSSR count). The molecule has 0 aliphatic carbocycles. The molecule has 0 heterocycles. The van der Waals surface area contributed by atoms with E-state index in [0.717, 1.165) is 6.92 Å². The first-order valence-electron chi connectivity index (χ1n) is 2.23. The highest BCUT2D eigenvalue weighted by atomic mass is 19.3. The number of ketones is 1. The van der Waals surface area contributed by atoms with E-state index in [1.54, 1.807) is 0 Å². The first kappa shape index (κ1) is 8.20. The van der Waals surface area contributed by atoms with E-state index in [9.17, 15) is 18.0 Å². The third kappa shape index (κ3) is 3.76. The highest BCUT2D eigenvalue weighted by molar-refractivity contribution is 5.77. The minimum Gasteiger partial charge on any atom is -0.300 e. The van der Waals surface area contributed by atoms with Crippen molar-refractivity contribution in [2.45, 2.75) is 13.3 Å². The maximum atomic E-state index is 11.7. The number of Topliss-reactive ketones (excluding diaryl/α,β-unsaturated/α-hetero) is 1. The molecule has 0 N–H and O–H groups in total. The highest BCUT2D eigenvalue weighted by Crippen LogP contribution is 2.12. The van der Waals surface area contributed by atoms with Gasteiger partial charge in [-0.25, -0.2) is 4.39 Å². The molecule has 0 aliphatic heterocycles. The number of halogens is 3. The van der Waals surface area contributed by atoms with Crippen LogP contribution in [-0.4, -0.2) is 5.78 Å². The third-order valence-electron chi connectivity index (χ3n) is 0.609. The van der Waals surface area contributed by atoms with Gasteiger partial charge < -0.3 is 0 Å². The summed E-state index contributed by atoms with van der Waals surface area (Å²) in [4.78, 5) is 9.95. The van der Waals surface area contributed by atoms with Gasteiger partial charge in [0.15, 0.2) is 5.83 Å². The van der Waals surface area contributed by atoms with E-state index in [1.807, 2.05) is 0 Å². The maximum Gasteiger partial charge on any atom is 0.301 e. The second kappa shape index (κ2) is 3.27. The number of allylic oxidation sites excluding steroid dienone is 1. The lowest BCUT2D eigenvalue weighted by atomic mass is 10.3. The van der Waals surface area contributed by atoms with Crippen LogP contribution in [0.2, 0.25) is 0 Å². The van der Waals surface area contributed by atoms with Crippen LogP contribution in [0.5, 0.6) is 0 Å². The molecule has 9 heavy (non-hydrogen) atoms. The summed E-state index contributed by atoms with van der Waals surface area (Å²) in [5.41, 5.74) is 0. The molecule has 0 aromatic carbocycles. The van der Waals surface area contributed by atoms with Crippen molar-refractivity contribution in [3.8, 4) is 0 Å². The van der Waals surface area contributed by atoms with Crippen molar-refractivity contribution in [1.29, 1.82) is 0 Å². The van der Waals surface area contributed by atoms with E-state index >= 15 is 0 Å². The molecule has 52 valence electrons. The van der Waals surface area contributed by atoms with E-state index in [-0.39, 0.29) is 0 Å². The second-order valence-corrected chi connectivity index (χ2v) is 1.54. The highest BCUT2D eigenvalue weighted by Gasteiger charge is 2.06. The van der Waals surface area contributed by atoms with Crippen molar-refractivity contribution in [2.24, 2.45) is 0 Å². The summed E-state index contributed by atoms with van der Waals surface area (Å²) in [6, 6.07) is 0. The fraction of sp³-hybridized carbons (Fsp3) is 0.400. The van der Waals surface area contributed by atoms with Crippen molar-refractivity contribution >= 4 is 5.78 Å². The second-order valence-electron chi connectivity index (χ2n) is 1.54. The Morgan fingerprint density at radius 3 is 1.89 bits per heavy atom. The minimum atomic E-state index is -2.41. The van der Waals surface area contributed by atoms with E-state index in [0.29, 0.717) is 0 Å². The first-order chi connectivity index (χ1) is 4.04. The Morgan fingerprint density at radius 1 is 1.33 bits per heavy atom. The van der Waals surface area contributed by atoms with Gasteiger partial charge in [0, 0.05) is 0 Å². The largest absolute Gasteiger partial charge is 0.301 e. The van der Waals surface area contributed by atoms with E-state index in [4.69, 9.17) is 0 Å². The molecule has 0 bridgehead atoms. The molecule has 0 aromatic heterocycles. The minimum absolute atomic E-state index is 0.611. The fourth-order valence-corrected chi connectivity index (χ4v) is 0.285. The maximum absolute atomic E-state index is 11.7. The molecule has 0 saturated carbocycles. The van der Waals surface area contributed by atoms with Gasteiger partial charge in [0.25, 0.3) is 0 Å². The van der Waals surface area contributed by atoms with Crippen molar-refractivity contribution in [1.82, 2.24) is 0 Å². The van der Waals surface area contributed by atoms with Gasteiger partial charge in [-0.1, -0.05) is 0 Å². The summed E-state index contributed by atoms with van der Waals surface area (Å²) in [7, 11) is 0. The molecule has 0 fully saturated rings. The number of rotatable bonds is 2. The Labute approximate surface area is 50.2 Å². The van der Waals surface area contributed by atoms with Crippen molar-refractivity contribution in [3.05, 3.63) is 11.9 Å². The van der Waals surface area contributed by atoms with Crippen LogP contribution in [0.25, 0.3) is 0 Å². The lowest BCUT2D eigenvalue weighted by molar-refractivity contribution is -0.116. The quantitative estimate of drug-likeness (QED) is 0.570. The lowest BCUT2D eigenvalue weighted by Gasteiger charge is -1.87. The summed E-state index contributed by atoms with van der Waals surface area (Å²) in [6.45, 7) is 1.04. The van der Waals surface area contributed by atoms with E-state index in [2.05, 4.69) is 0 Å². The van der Waals surface area contributed by atoms with Crippen LogP contribution in [-0.2, 0) is 4.79 Å². The molecular formula is C5H5F3O. The Bertz CT molecular complexity index is 146. The predicted octanol–water partition coefficient (Wildman–Crippen LogP) is 2.04. The van der Waals surface area contributed by atoms with Gasteiger partial charge in [0.2, 0.25) is 0 Å². The molecule has 4 heteroatoms. The fourth-order valence-electron chi connectivity index (χ4n) is 0.285. The van der Waals surface area contributed by atoms with Crippen LogP contribution >= 0.6 is 0 Å². The van der Waals surface area contributed by atoms with Crippen molar-refractivity contribution in [2.75, 3.05) is 0 Å². The van der Waals surface area contributed by atoms with Gasteiger partial charge in [-0.3, -0.25) is 4.79 Å². The van der Waals surface area contributed by atoms with Gasteiger partial charge in [-0.2, -0.15) is 8.78 Å². The average Bonchev–Trinajstić information content (AvgIpc) is 1.63. The standard InChI is InChI=1S/C5H5F3O/c1-3(9)2-4(6)5(7)8/h2H2,1H3. The Balaban J connectivity index is 3.92. The molecule has 0 radical (unpaired) electrons. The van der Waals surface area contributed by atoms with Gasteiger partial charge in [-0.15, -0.1) is 0 Å². The number of hydrogen-bond donors (Lipinski definition) is 0. The summed E-state index contributed by atoms with van der Waals surface area (Å²) in [5, 5.41) is 0. The molecule has 0 aromatic rings. The molecule has 0 amide bonds. The normalized spacial score (nSPS) is 8.89. The van der Waals surface area contributed by atoms with Crippen LogP contribution in [0.15, 0.2) is 11.9 Å². The smallest absolute Gasteiger partial charge is 0.300 e. The summed E-state index contributed by atoms with van der Waals surface area (Å²) in [6.07, 6.45) is -3.22. The SMILES string of the molecule is CC(=O)CC(F)=C(F)F. The van der Waals surface area contributed by atoms with Crippen molar-refractivity contribution in [3.63, 3.8) is 0 Å². The summed E-state index contributed by atoms with van der Waals surface area (Å²) < 4.78 is 34.0. The van der Waals surface area contributed by atoms with E-state index in [1.165, 1.54) is 0 Å². The first-order valence-corrected chi connectivity index (χ1v) is 2.23. The van der Waals surface area contributed by atoms with Crippen molar-refractivity contribution < 1.29 is 18.0 Å². The molecule has 0 atom stereocenters. The number of hydrogen-bond acceptors (Lipinski definition) is 1. The van der Waals surface area contributed by atoms with Crippen LogP contribution in [0, 0.1) is 0 Å². The Morgan fingerprint density at radius 2 is 1.78 bits per heavy atom. The van der Waals surface area contributed by atoms with Crippen LogP contribution in [0.3, 0.4) is 0 Å². The molecular weight excluding hydrogens is 133 g/mol. The topological polar surface area (TPSA) is 17.1 Å². The lowest BCUT2D eigenvalue weighted by Crippen LogP contribution is -1.89. The van der Waals surface area contributed by atoms with Gasteiger partial charge in [0.05, 0.1) is 6.42 Å². The van der Waals surface area contributed by atoms with Crippen LogP contribution in [0.1, 0.15) is 13.3 Å². The summed E-state index contributed by atoms with van der Waals surface area (Å²) >= 11 is 0. The molecule has 0 saturated heterocycles. The zero-order valence-electron chi connectivity index (χ0n) is 4.75. The van der Waals surface area contributed by atoms with Gasteiger partial charge >= 0.3 is 6.08 Å². The number of carbonyl (C=O) groups excluding carboxylic acids is 1. The Kier molecular flexibility index (Phi) is 2.98. The zero-order valence-corrected chi connectivity index (χ0v) is 4.75. The molecule has 0 aliphatic rings. The average molecular weight is 138 g/mol. The predicted molar refractivity (Wildman–Crippen MR) is 25.6 cm³/mol. The van der Waals surface area contributed by atoms with Gasteiger partial charge in [0.1, 0.15) is 5.78 Å². The summed E-state index contributed by atoms with van der Waals surface area (Å²) in [5.74, 6) is -2.25.